The summed E-state index contributed by atoms with van der Waals surface area (Å²) >= 11 is 0. The minimum absolute atomic E-state index is 0.195. The molecule has 0 saturated heterocycles. The van der Waals surface area contributed by atoms with E-state index in [9.17, 15) is 14.4 Å². The highest BCUT2D eigenvalue weighted by Gasteiger charge is 2.40. The number of amides is 3. The third-order valence-electron chi connectivity index (χ3n) is 6.10. The molecule has 0 spiro atoms. The highest BCUT2D eigenvalue weighted by Crippen LogP contribution is 2.35. The van der Waals surface area contributed by atoms with Crippen molar-refractivity contribution >= 4 is 40.4 Å². The monoisotopic (exact) mass is 453 g/mol. The van der Waals surface area contributed by atoms with Gasteiger partial charge in [-0.1, -0.05) is 24.3 Å². The van der Waals surface area contributed by atoms with E-state index in [1.807, 2.05) is 64.1 Å². The fraction of sp³-hybridized carbons (Fsp3) is 0.179. The summed E-state index contributed by atoms with van der Waals surface area (Å²) in [5.74, 6) is -1.02. The maximum Gasteiger partial charge on any atom is 0.282 e. The van der Waals surface area contributed by atoms with Crippen molar-refractivity contribution in [3.63, 3.8) is 0 Å². The highest BCUT2D eigenvalue weighted by atomic mass is 16.2. The fourth-order valence-corrected chi connectivity index (χ4v) is 3.91. The van der Waals surface area contributed by atoms with Crippen LogP contribution < -0.4 is 15.5 Å². The molecule has 34 heavy (non-hydrogen) atoms. The Bertz CT molecular complexity index is 1350. The van der Waals surface area contributed by atoms with Crippen LogP contribution in [-0.2, 0) is 14.4 Å². The first kappa shape index (κ1) is 23.0. The van der Waals surface area contributed by atoms with E-state index >= 15 is 0 Å². The third kappa shape index (κ3) is 4.35. The molecule has 1 aliphatic heterocycles. The van der Waals surface area contributed by atoms with Crippen LogP contribution in [0.5, 0.6) is 0 Å². The van der Waals surface area contributed by atoms with Gasteiger partial charge >= 0.3 is 0 Å². The van der Waals surface area contributed by atoms with Crippen molar-refractivity contribution < 1.29 is 14.4 Å². The standard InChI is InChI=1S/C28H27N3O3/c1-16-6-8-21(14-18(16)3)25-26(30-23-9-7-17(2)19(4)15-23)28(34)31(27(25)33)24-12-10-22(11-13-24)29-20(5)32/h6-15,30H,1-5H3,(H,29,32). The van der Waals surface area contributed by atoms with Crippen molar-refractivity contribution in [3.8, 4) is 0 Å². The first-order valence-corrected chi connectivity index (χ1v) is 11.1. The number of carbonyl (C=O) groups excluding carboxylic acids is 3. The molecule has 1 aliphatic rings. The summed E-state index contributed by atoms with van der Waals surface area (Å²) in [7, 11) is 0. The van der Waals surface area contributed by atoms with Crippen molar-refractivity contribution in [2.45, 2.75) is 34.6 Å². The van der Waals surface area contributed by atoms with Crippen LogP contribution in [-0.4, -0.2) is 17.7 Å². The zero-order valence-corrected chi connectivity index (χ0v) is 19.9. The van der Waals surface area contributed by atoms with E-state index < -0.39 is 11.8 Å². The molecule has 3 aromatic carbocycles. The van der Waals surface area contributed by atoms with Gasteiger partial charge in [-0.25, -0.2) is 4.90 Å². The molecular weight excluding hydrogens is 426 g/mol. The molecular formula is C28H27N3O3. The summed E-state index contributed by atoms with van der Waals surface area (Å²) in [5.41, 5.74) is 7.38. The van der Waals surface area contributed by atoms with Gasteiger partial charge in [0.1, 0.15) is 5.70 Å². The number of benzene rings is 3. The average Bonchev–Trinajstić information content (AvgIpc) is 3.02. The van der Waals surface area contributed by atoms with Crippen LogP contribution in [0.25, 0.3) is 5.57 Å². The van der Waals surface area contributed by atoms with Crippen LogP contribution in [0.4, 0.5) is 17.1 Å². The Morgan fingerprint density at radius 1 is 0.706 bits per heavy atom. The van der Waals surface area contributed by atoms with Crippen LogP contribution >= 0.6 is 0 Å². The molecule has 0 bridgehead atoms. The quantitative estimate of drug-likeness (QED) is 0.516. The van der Waals surface area contributed by atoms with E-state index in [-0.39, 0.29) is 11.6 Å². The Morgan fingerprint density at radius 3 is 1.88 bits per heavy atom. The first-order valence-electron chi connectivity index (χ1n) is 11.1. The topological polar surface area (TPSA) is 78.5 Å². The predicted molar refractivity (Wildman–Crippen MR) is 136 cm³/mol. The number of aryl methyl sites for hydroxylation is 4. The van der Waals surface area contributed by atoms with E-state index in [1.54, 1.807) is 24.3 Å². The van der Waals surface area contributed by atoms with Crippen molar-refractivity contribution in [1.82, 2.24) is 0 Å². The largest absolute Gasteiger partial charge is 0.350 e. The molecule has 0 aromatic heterocycles. The molecule has 0 radical (unpaired) electrons. The Morgan fingerprint density at radius 2 is 1.29 bits per heavy atom. The molecule has 0 atom stereocenters. The van der Waals surface area contributed by atoms with Crippen molar-refractivity contribution in [2.24, 2.45) is 0 Å². The van der Waals surface area contributed by atoms with E-state index in [1.165, 1.54) is 11.8 Å². The van der Waals surface area contributed by atoms with E-state index in [0.29, 0.717) is 22.5 Å². The molecule has 4 rings (SSSR count). The lowest BCUT2D eigenvalue weighted by molar-refractivity contribution is -0.120. The molecule has 0 aliphatic carbocycles. The van der Waals surface area contributed by atoms with Crippen LogP contribution in [0.2, 0.25) is 0 Å². The summed E-state index contributed by atoms with van der Waals surface area (Å²) in [4.78, 5) is 39.7. The zero-order valence-electron chi connectivity index (χ0n) is 19.9. The second kappa shape index (κ2) is 8.98. The van der Waals surface area contributed by atoms with Crippen molar-refractivity contribution in [2.75, 3.05) is 15.5 Å². The van der Waals surface area contributed by atoms with Gasteiger partial charge < -0.3 is 10.6 Å². The van der Waals surface area contributed by atoms with Crippen LogP contribution in [0.1, 0.15) is 34.7 Å². The molecule has 6 nitrogen and oxygen atoms in total. The SMILES string of the molecule is CC(=O)Nc1ccc(N2C(=O)C(Nc3ccc(C)c(C)c3)=C(c3ccc(C)c(C)c3)C2=O)cc1. The Kier molecular flexibility index (Phi) is 6.07. The maximum absolute atomic E-state index is 13.6. The minimum Gasteiger partial charge on any atom is -0.350 e. The molecule has 3 amide bonds. The zero-order chi connectivity index (χ0) is 24.6. The fourth-order valence-electron chi connectivity index (χ4n) is 3.91. The second-order valence-electron chi connectivity index (χ2n) is 8.65. The lowest BCUT2D eigenvalue weighted by Crippen LogP contribution is -2.32. The molecule has 0 unspecified atom stereocenters. The third-order valence-corrected chi connectivity index (χ3v) is 6.10. The first-order chi connectivity index (χ1) is 16.2. The normalized spacial score (nSPS) is 13.5. The summed E-state index contributed by atoms with van der Waals surface area (Å²) in [6, 6.07) is 18.2. The molecule has 2 N–H and O–H groups in total. The number of carbonyl (C=O) groups is 3. The van der Waals surface area contributed by atoms with Gasteiger partial charge in [-0.2, -0.15) is 0 Å². The number of anilines is 3. The number of hydrogen-bond acceptors (Lipinski definition) is 4. The highest BCUT2D eigenvalue weighted by molar-refractivity contribution is 6.46. The number of nitrogens with one attached hydrogen (secondary N) is 2. The van der Waals surface area contributed by atoms with Gasteiger partial charge in [0.2, 0.25) is 5.91 Å². The van der Waals surface area contributed by atoms with Gasteiger partial charge in [-0.15, -0.1) is 0 Å². The molecule has 1 heterocycles. The molecule has 6 heteroatoms. The molecule has 3 aromatic rings. The van der Waals surface area contributed by atoms with E-state index in [4.69, 9.17) is 0 Å². The van der Waals surface area contributed by atoms with Gasteiger partial charge in [-0.3, -0.25) is 14.4 Å². The maximum atomic E-state index is 13.6. The van der Waals surface area contributed by atoms with E-state index in [2.05, 4.69) is 10.6 Å². The van der Waals surface area contributed by atoms with Crippen molar-refractivity contribution in [1.29, 1.82) is 0 Å². The van der Waals surface area contributed by atoms with Gasteiger partial charge in [0, 0.05) is 18.3 Å². The predicted octanol–water partition coefficient (Wildman–Crippen LogP) is 5.28. The Labute approximate surface area is 199 Å². The summed E-state index contributed by atoms with van der Waals surface area (Å²) in [5, 5.41) is 5.91. The molecule has 0 saturated carbocycles. The molecule has 0 fully saturated rings. The van der Waals surface area contributed by atoms with Gasteiger partial charge in [-0.05, 0) is 91.9 Å². The summed E-state index contributed by atoms with van der Waals surface area (Å²) in [6.07, 6.45) is 0. The summed E-state index contributed by atoms with van der Waals surface area (Å²) in [6.45, 7) is 9.44. The Balaban J connectivity index is 1.78. The van der Waals surface area contributed by atoms with Crippen molar-refractivity contribution in [3.05, 3.63) is 94.2 Å². The molecule has 172 valence electrons. The lowest BCUT2D eigenvalue weighted by atomic mass is 9.99. The minimum atomic E-state index is -0.427. The van der Waals surface area contributed by atoms with Crippen LogP contribution in [0.3, 0.4) is 0 Å². The number of nitrogens with zero attached hydrogens (tertiary/aromatic N) is 1. The summed E-state index contributed by atoms with van der Waals surface area (Å²) < 4.78 is 0. The van der Waals surface area contributed by atoms with Gasteiger partial charge in [0.25, 0.3) is 11.8 Å². The smallest absolute Gasteiger partial charge is 0.282 e. The van der Waals surface area contributed by atoms with Gasteiger partial charge in [0.05, 0.1) is 11.3 Å². The number of hydrogen-bond donors (Lipinski definition) is 2. The number of imide groups is 1. The van der Waals surface area contributed by atoms with E-state index in [0.717, 1.165) is 27.9 Å². The average molecular weight is 454 g/mol. The second-order valence-corrected chi connectivity index (χ2v) is 8.65. The van der Waals surface area contributed by atoms with Crippen LogP contribution in [0.15, 0.2) is 66.4 Å². The lowest BCUT2D eigenvalue weighted by Gasteiger charge is -2.16. The Hall–Kier alpha value is -4.19. The van der Waals surface area contributed by atoms with Gasteiger partial charge in [0.15, 0.2) is 0 Å². The number of rotatable bonds is 5. The van der Waals surface area contributed by atoms with Crippen LogP contribution in [0, 0.1) is 27.7 Å².